The molecule has 0 atom stereocenters. The van der Waals surface area contributed by atoms with Crippen molar-refractivity contribution in [3.63, 3.8) is 0 Å². The van der Waals surface area contributed by atoms with Crippen LogP contribution in [-0.4, -0.2) is 46.4 Å². The van der Waals surface area contributed by atoms with Gasteiger partial charge in [0.25, 0.3) is 0 Å². The van der Waals surface area contributed by atoms with Gasteiger partial charge in [0.2, 0.25) is 0 Å². The van der Waals surface area contributed by atoms with Crippen LogP contribution in [0.2, 0.25) is 0 Å². The first kappa shape index (κ1) is 20.0. The van der Waals surface area contributed by atoms with Crippen molar-refractivity contribution in [1.82, 2.24) is 10.9 Å². The molecule has 28 heavy (non-hydrogen) atoms. The van der Waals surface area contributed by atoms with Crippen molar-refractivity contribution in [3.8, 4) is 0 Å². The Bertz CT molecular complexity index is 904. The monoisotopic (exact) mass is 382 g/mol. The number of carbonyl (C=O) groups excluding carboxylic acids is 2. The number of carbonyl (C=O) groups is 4. The van der Waals surface area contributed by atoms with E-state index < -0.39 is 23.8 Å². The van der Waals surface area contributed by atoms with Gasteiger partial charge in [0.05, 0.1) is 23.6 Å². The van der Waals surface area contributed by atoms with E-state index in [9.17, 15) is 19.2 Å². The second-order valence-electron chi connectivity index (χ2n) is 5.18. The zero-order valence-electron chi connectivity index (χ0n) is 14.2. The third-order valence-corrected chi connectivity index (χ3v) is 3.33. The Labute approximate surface area is 158 Å². The van der Waals surface area contributed by atoms with Crippen molar-refractivity contribution in [2.24, 2.45) is 10.2 Å². The van der Waals surface area contributed by atoms with Crippen LogP contribution in [0.15, 0.2) is 58.7 Å². The smallest absolute Gasteiger partial charge is 0.336 e. The summed E-state index contributed by atoms with van der Waals surface area (Å²) in [5, 5.41) is 25.1. The van der Waals surface area contributed by atoms with E-state index in [0.29, 0.717) is 0 Å². The fraction of sp³-hybridized carbons (Fsp3) is 0. The van der Waals surface area contributed by atoms with Gasteiger partial charge in [0.1, 0.15) is 0 Å². The number of hydrogen-bond acceptors (Lipinski definition) is 6. The largest absolute Gasteiger partial charge is 0.478 e. The van der Waals surface area contributed by atoms with E-state index in [1.54, 1.807) is 12.1 Å². The van der Waals surface area contributed by atoms with Crippen molar-refractivity contribution in [1.29, 1.82) is 0 Å². The fourth-order valence-electron chi connectivity index (χ4n) is 2.03. The van der Waals surface area contributed by atoms with Crippen molar-refractivity contribution in [2.45, 2.75) is 0 Å². The van der Waals surface area contributed by atoms with E-state index in [2.05, 4.69) is 10.2 Å². The van der Waals surface area contributed by atoms with Gasteiger partial charge in [0, 0.05) is 11.1 Å². The molecule has 0 bridgehead atoms. The predicted molar refractivity (Wildman–Crippen MR) is 98.3 cm³/mol. The van der Waals surface area contributed by atoms with Gasteiger partial charge in [-0.1, -0.05) is 36.4 Å². The maximum Gasteiger partial charge on any atom is 0.336 e. The van der Waals surface area contributed by atoms with Gasteiger partial charge in [-0.15, -0.1) is 0 Å². The zero-order chi connectivity index (χ0) is 20.5. The topological polar surface area (TPSA) is 158 Å². The minimum atomic E-state index is -1.16. The number of hydrogen-bond donors (Lipinski definition) is 4. The van der Waals surface area contributed by atoms with Crippen LogP contribution in [-0.2, 0) is 9.59 Å². The number of nitrogens with zero attached hydrogens (tertiary/aromatic N) is 2. The quantitative estimate of drug-likeness (QED) is 0.327. The van der Waals surface area contributed by atoms with Gasteiger partial charge in [-0.3, -0.25) is 9.59 Å². The second kappa shape index (κ2) is 9.38. The second-order valence-corrected chi connectivity index (χ2v) is 5.18. The molecule has 4 N–H and O–H groups in total. The van der Waals surface area contributed by atoms with Gasteiger partial charge >= 0.3 is 23.8 Å². The Morgan fingerprint density at radius 3 is 1.39 bits per heavy atom. The molecule has 2 aromatic carbocycles. The van der Waals surface area contributed by atoms with Crippen molar-refractivity contribution in [3.05, 3.63) is 70.8 Å². The number of aromatic carboxylic acids is 2. The summed E-state index contributed by atoms with van der Waals surface area (Å²) in [5.74, 6) is -4.62. The first-order valence-electron chi connectivity index (χ1n) is 7.71. The number of benzene rings is 2. The van der Waals surface area contributed by atoms with Crippen molar-refractivity contribution in [2.75, 3.05) is 0 Å². The average Bonchev–Trinajstić information content (AvgIpc) is 2.68. The molecule has 0 heterocycles. The highest BCUT2D eigenvalue weighted by molar-refractivity contribution is 6.35. The lowest BCUT2D eigenvalue weighted by Crippen LogP contribution is -2.35. The Morgan fingerprint density at radius 1 is 0.679 bits per heavy atom. The minimum Gasteiger partial charge on any atom is -0.478 e. The standard InChI is InChI=1S/C18H14N4O6/c23-15(21-19-9-11-5-1-3-7-13(11)17(25)26)16(24)22-20-10-12-6-2-4-8-14(12)18(27)28/h1-10H,(H,21,23)(H,22,24)(H,25,26)(H,27,28)/b19-9-,20-10?. The summed E-state index contributed by atoms with van der Waals surface area (Å²) in [4.78, 5) is 45.4. The molecule has 0 radical (unpaired) electrons. The summed E-state index contributed by atoms with van der Waals surface area (Å²) in [6.07, 6.45) is 2.17. The van der Waals surface area contributed by atoms with E-state index in [4.69, 9.17) is 10.2 Å². The van der Waals surface area contributed by atoms with Gasteiger partial charge < -0.3 is 10.2 Å². The lowest BCUT2D eigenvalue weighted by Gasteiger charge is -2.01. The third-order valence-electron chi connectivity index (χ3n) is 3.33. The molecule has 0 aliphatic carbocycles. The van der Waals surface area contributed by atoms with Crippen LogP contribution in [0.4, 0.5) is 0 Å². The molecule has 0 aliphatic rings. The third kappa shape index (κ3) is 5.33. The summed E-state index contributed by atoms with van der Waals surface area (Å²) in [6.45, 7) is 0. The van der Waals surface area contributed by atoms with Gasteiger partial charge in [-0.2, -0.15) is 10.2 Å². The first-order valence-corrected chi connectivity index (χ1v) is 7.71. The Balaban J connectivity index is 1.95. The average molecular weight is 382 g/mol. The first-order chi connectivity index (χ1) is 13.4. The van der Waals surface area contributed by atoms with Gasteiger partial charge in [-0.05, 0) is 12.1 Å². The summed E-state index contributed by atoms with van der Waals surface area (Å²) in [6, 6.07) is 11.9. The van der Waals surface area contributed by atoms with Crippen LogP contribution in [0.1, 0.15) is 31.8 Å². The molecule has 0 saturated carbocycles. The maximum atomic E-state index is 11.6. The van der Waals surface area contributed by atoms with E-state index in [1.807, 2.05) is 10.9 Å². The number of rotatable bonds is 6. The van der Waals surface area contributed by atoms with Gasteiger partial charge in [0.15, 0.2) is 0 Å². The highest BCUT2D eigenvalue weighted by Crippen LogP contribution is 2.06. The number of hydrazone groups is 2. The van der Waals surface area contributed by atoms with E-state index in [1.165, 1.54) is 36.4 Å². The molecule has 10 nitrogen and oxygen atoms in total. The summed E-state index contributed by atoms with van der Waals surface area (Å²) in [7, 11) is 0. The molecule has 0 unspecified atom stereocenters. The lowest BCUT2D eigenvalue weighted by molar-refractivity contribution is -0.139. The highest BCUT2D eigenvalue weighted by atomic mass is 16.4. The molecular weight excluding hydrogens is 368 g/mol. The molecule has 0 spiro atoms. The van der Waals surface area contributed by atoms with E-state index in [0.717, 1.165) is 12.4 Å². The van der Waals surface area contributed by atoms with E-state index >= 15 is 0 Å². The van der Waals surface area contributed by atoms with Crippen LogP contribution in [0.3, 0.4) is 0 Å². The van der Waals surface area contributed by atoms with Crippen LogP contribution < -0.4 is 10.9 Å². The highest BCUT2D eigenvalue weighted by Gasteiger charge is 2.12. The molecule has 0 fully saturated rings. The Morgan fingerprint density at radius 2 is 1.04 bits per heavy atom. The summed E-state index contributed by atoms with van der Waals surface area (Å²) < 4.78 is 0. The van der Waals surface area contributed by atoms with Crippen molar-refractivity contribution >= 4 is 36.2 Å². The molecular formula is C18H14N4O6. The maximum absolute atomic E-state index is 11.6. The normalized spacial score (nSPS) is 10.7. The molecule has 0 saturated heterocycles. The fourth-order valence-corrected chi connectivity index (χ4v) is 2.03. The van der Waals surface area contributed by atoms with Crippen molar-refractivity contribution < 1.29 is 29.4 Å². The zero-order valence-corrected chi connectivity index (χ0v) is 14.2. The molecule has 2 amide bonds. The minimum absolute atomic E-state index is 0.0216. The Kier molecular flexibility index (Phi) is 6.69. The Hall–Kier alpha value is -4.34. The predicted octanol–water partition coefficient (Wildman–Crippen LogP) is 0.683. The molecule has 2 aromatic rings. The van der Waals surface area contributed by atoms with Crippen LogP contribution >= 0.6 is 0 Å². The summed E-state index contributed by atoms with van der Waals surface area (Å²) >= 11 is 0. The SMILES string of the molecule is O=C(NN=Cc1ccccc1C(=O)O)C(=O)N/N=C\c1ccccc1C(=O)O. The number of carboxylic acid groups (broad SMARTS) is 2. The number of nitrogens with one attached hydrogen (secondary N) is 2. The van der Waals surface area contributed by atoms with Crippen LogP contribution in [0.5, 0.6) is 0 Å². The molecule has 0 aromatic heterocycles. The number of amides is 2. The lowest BCUT2D eigenvalue weighted by atomic mass is 10.1. The summed E-state index contributed by atoms with van der Waals surface area (Å²) in [5.41, 5.74) is 4.29. The van der Waals surface area contributed by atoms with Gasteiger partial charge in [-0.25, -0.2) is 20.4 Å². The molecule has 2 rings (SSSR count). The van der Waals surface area contributed by atoms with E-state index in [-0.39, 0.29) is 22.3 Å². The molecule has 0 aliphatic heterocycles. The van der Waals surface area contributed by atoms with Crippen LogP contribution in [0, 0.1) is 0 Å². The van der Waals surface area contributed by atoms with Crippen LogP contribution in [0.25, 0.3) is 0 Å². The molecule has 10 heteroatoms. The number of carboxylic acids is 2. The molecule has 142 valence electrons.